The molecule has 1 heterocycles. The minimum atomic E-state index is -0.531. The summed E-state index contributed by atoms with van der Waals surface area (Å²) >= 11 is 3.47. The number of fused-ring (bicyclic) bond motifs is 1. The molecule has 1 aromatic heterocycles. The number of nitrogens with one attached hydrogen (secondary N) is 1. The van der Waals surface area contributed by atoms with Gasteiger partial charge in [-0.3, -0.25) is 4.79 Å². The van der Waals surface area contributed by atoms with Crippen molar-refractivity contribution in [3.05, 3.63) is 28.0 Å². The fourth-order valence-electron chi connectivity index (χ4n) is 1.87. The van der Waals surface area contributed by atoms with Gasteiger partial charge in [0.05, 0.1) is 5.52 Å². The molecular weight excluding hydrogens is 270 g/mol. The van der Waals surface area contributed by atoms with E-state index >= 15 is 0 Å². The van der Waals surface area contributed by atoms with Crippen molar-refractivity contribution in [3.8, 4) is 0 Å². The summed E-state index contributed by atoms with van der Waals surface area (Å²) in [6, 6.07) is 4.13. The molecule has 0 bridgehead atoms. The van der Waals surface area contributed by atoms with Crippen LogP contribution < -0.4 is 5.73 Å². The van der Waals surface area contributed by atoms with Gasteiger partial charge in [-0.1, -0.05) is 0 Å². The van der Waals surface area contributed by atoms with Crippen LogP contribution in [0.5, 0.6) is 0 Å². The van der Waals surface area contributed by atoms with E-state index in [1.54, 1.807) is 0 Å². The second-order valence-corrected chi connectivity index (χ2v) is 4.98. The first-order chi connectivity index (χ1) is 7.65. The first-order valence-electron chi connectivity index (χ1n) is 5.14. The summed E-state index contributed by atoms with van der Waals surface area (Å²) < 4.78 is 0.913. The summed E-state index contributed by atoms with van der Waals surface area (Å²) in [6.07, 6.45) is 2.49. The Bertz CT molecular complexity index is 586. The van der Waals surface area contributed by atoms with E-state index in [1.165, 1.54) is 18.4 Å². The van der Waals surface area contributed by atoms with Crippen LogP contribution in [0.2, 0.25) is 0 Å². The molecule has 16 heavy (non-hydrogen) atoms. The highest BCUT2D eigenvalue weighted by atomic mass is 79.9. The van der Waals surface area contributed by atoms with E-state index in [0.29, 0.717) is 5.92 Å². The molecule has 3 N–H and O–H groups in total. The van der Waals surface area contributed by atoms with Crippen molar-refractivity contribution in [2.75, 3.05) is 0 Å². The van der Waals surface area contributed by atoms with E-state index in [1.807, 2.05) is 0 Å². The zero-order chi connectivity index (χ0) is 11.3. The number of nitrogens with two attached hydrogens (primary N) is 1. The minimum Gasteiger partial charge on any atom is -0.363 e. The number of hydrogen-bond donors (Lipinski definition) is 2. The molecule has 1 amide bonds. The number of nitrogens with zero attached hydrogens (tertiary/aromatic N) is 1. The molecule has 82 valence electrons. The average molecular weight is 280 g/mol. The predicted molar refractivity (Wildman–Crippen MR) is 64.3 cm³/mol. The van der Waals surface area contributed by atoms with Crippen LogP contribution in [0.15, 0.2) is 16.6 Å². The molecule has 2 aromatic rings. The monoisotopic (exact) mass is 279 g/mol. The smallest absolute Gasteiger partial charge is 0.284 e. The number of amides is 1. The summed E-state index contributed by atoms with van der Waals surface area (Å²) in [5.74, 6) is 0.348. The fourth-order valence-corrected chi connectivity index (χ4v) is 2.43. The first kappa shape index (κ1) is 9.84. The molecule has 0 atom stereocenters. The molecule has 1 aromatic carbocycles. The summed E-state index contributed by atoms with van der Waals surface area (Å²) in [5, 5.41) is 0. The van der Waals surface area contributed by atoms with Crippen LogP contribution in [0, 0.1) is 0 Å². The minimum absolute atomic E-state index is 0.212. The number of benzene rings is 1. The predicted octanol–water partition coefficient (Wildman–Crippen LogP) is 2.30. The molecule has 0 saturated heterocycles. The fraction of sp³-hybridized carbons (Fsp3) is 0.273. The van der Waals surface area contributed by atoms with E-state index in [-0.39, 0.29) is 5.82 Å². The number of hydrogen-bond acceptors (Lipinski definition) is 2. The van der Waals surface area contributed by atoms with Gasteiger partial charge in [-0.15, -0.1) is 0 Å². The lowest BCUT2D eigenvalue weighted by Crippen LogP contribution is -2.12. The highest BCUT2D eigenvalue weighted by Gasteiger charge is 2.25. The quantitative estimate of drug-likeness (QED) is 0.886. The van der Waals surface area contributed by atoms with E-state index in [4.69, 9.17) is 5.73 Å². The van der Waals surface area contributed by atoms with Crippen LogP contribution in [0.3, 0.4) is 0 Å². The van der Waals surface area contributed by atoms with Gasteiger partial charge in [-0.2, -0.15) is 0 Å². The second kappa shape index (κ2) is 3.31. The van der Waals surface area contributed by atoms with Gasteiger partial charge in [-0.25, -0.2) is 4.98 Å². The molecular formula is C11H10BrN3O. The zero-order valence-electron chi connectivity index (χ0n) is 8.46. The lowest BCUT2D eigenvalue weighted by Gasteiger charge is -1.99. The normalized spacial score (nSPS) is 15.6. The zero-order valence-corrected chi connectivity index (χ0v) is 10.0. The molecule has 3 rings (SSSR count). The maximum Gasteiger partial charge on any atom is 0.284 e. The van der Waals surface area contributed by atoms with Gasteiger partial charge in [0, 0.05) is 4.47 Å². The van der Waals surface area contributed by atoms with Gasteiger partial charge in [-0.05, 0) is 52.4 Å². The summed E-state index contributed by atoms with van der Waals surface area (Å²) in [7, 11) is 0. The molecule has 5 heteroatoms. The lowest BCUT2D eigenvalue weighted by molar-refractivity contribution is 0.0991. The Morgan fingerprint density at radius 1 is 1.50 bits per heavy atom. The molecule has 1 saturated carbocycles. The van der Waals surface area contributed by atoms with Crippen molar-refractivity contribution < 1.29 is 4.79 Å². The van der Waals surface area contributed by atoms with Crippen LogP contribution in [0.4, 0.5) is 0 Å². The second-order valence-electron chi connectivity index (χ2n) is 4.12. The third-order valence-corrected chi connectivity index (χ3v) is 3.45. The number of aromatic amines is 1. The molecule has 0 radical (unpaired) electrons. The first-order valence-corrected chi connectivity index (χ1v) is 5.93. The number of halogens is 1. The van der Waals surface area contributed by atoms with Crippen LogP contribution in [0.1, 0.15) is 34.9 Å². The van der Waals surface area contributed by atoms with Gasteiger partial charge in [0.2, 0.25) is 0 Å². The van der Waals surface area contributed by atoms with Gasteiger partial charge in [0.25, 0.3) is 5.91 Å². The largest absolute Gasteiger partial charge is 0.363 e. The SMILES string of the molecule is NC(=O)c1nc2c(Br)cc(C3CC3)cc2[nH]1. The van der Waals surface area contributed by atoms with E-state index in [9.17, 15) is 4.79 Å². The van der Waals surface area contributed by atoms with Crippen molar-refractivity contribution in [1.82, 2.24) is 9.97 Å². The van der Waals surface area contributed by atoms with Gasteiger partial charge in [0.1, 0.15) is 5.52 Å². The Kier molecular flexibility index (Phi) is 2.04. The summed E-state index contributed by atoms with van der Waals surface area (Å²) in [6.45, 7) is 0. The van der Waals surface area contributed by atoms with Crippen LogP contribution in [-0.4, -0.2) is 15.9 Å². The molecule has 1 aliphatic carbocycles. The Morgan fingerprint density at radius 2 is 2.25 bits per heavy atom. The molecule has 1 fully saturated rings. The highest BCUT2D eigenvalue weighted by molar-refractivity contribution is 9.10. The third-order valence-electron chi connectivity index (χ3n) is 2.84. The van der Waals surface area contributed by atoms with Crippen molar-refractivity contribution in [1.29, 1.82) is 0 Å². The van der Waals surface area contributed by atoms with Crippen LogP contribution in [-0.2, 0) is 0 Å². The number of H-pyrrole nitrogens is 1. The van der Waals surface area contributed by atoms with Crippen LogP contribution >= 0.6 is 15.9 Å². The lowest BCUT2D eigenvalue weighted by atomic mass is 10.1. The van der Waals surface area contributed by atoms with E-state index < -0.39 is 5.91 Å². The number of carbonyl (C=O) groups is 1. The number of imidazole rings is 1. The van der Waals surface area contributed by atoms with Gasteiger partial charge < -0.3 is 10.7 Å². The number of primary amides is 1. The average Bonchev–Trinajstić information content (AvgIpc) is 2.97. The Morgan fingerprint density at radius 3 is 2.88 bits per heavy atom. The molecule has 1 aliphatic rings. The van der Waals surface area contributed by atoms with Crippen molar-refractivity contribution in [3.63, 3.8) is 0 Å². The number of carbonyl (C=O) groups excluding carboxylic acids is 1. The van der Waals surface area contributed by atoms with Crippen molar-refractivity contribution in [2.24, 2.45) is 5.73 Å². The standard InChI is InChI=1S/C11H10BrN3O/c12-7-3-6(5-1-2-5)4-8-9(7)15-11(14-8)10(13)16/h3-5H,1-2H2,(H2,13,16)(H,14,15). The Labute approximate surface area is 100 Å². The Balaban J connectivity index is 2.21. The van der Waals surface area contributed by atoms with E-state index in [0.717, 1.165) is 15.5 Å². The summed E-state index contributed by atoms with van der Waals surface area (Å²) in [5.41, 5.74) is 8.11. The van der Waals surface area contributed by atoms with Crippen molar-refractivity contribution >= 4 is 32.9 Å². The highest BCUT2D eigenvalue weighted by Crippen LogP contribution is 2.42. The van der Waals surface area contributed by atoms with Crippen LogP contribution in [0.25, 0.3) is 11.0 Å². The molecule has 0 spiro atoms. The maximum absolute atomic E-state index is 11.0. The number of rotatable bonds is 2. The Hall–Kier alpha value is -1.36. The number of aromatic nitrogens is 2. The maximum atomic E-state index is 11.0. The molecule has 4 nitrogen and oxygen atoms in total. The topological polar surface area (TPSA) is 71.8 Å². The molecule has 0 unspecified atom stereocenters. The van der Waals surface area contributed by atoms with Crippen molar-refractivity contribution in [2.45, 2.75) is 18.8 Å². The molecule has 0 aliphatic heterocycles. The third kappa shape index (κ3) is 1.51. The van der Waals surface area contributed by atoms with Gasteiger partial charge >= 0.3 is 0 Å². The summed E-state index contributed by atoms with van der Waals surface area (Å²) in [4.78, 5) is 18.1. The van der Waals surface area contributed by atoms with Gasteiger partial charge in [0.15, 0.2) is 5.82 Å². The van der Waals surface area contributed by atoms with E-state index in [2.05, 4.69) is 38.0 Å².